The van der Waals surface area contributed by atoms with Crippen LogP contribution < -0.4 is 5.32 Å². The van der Waals surface area contributed by atoms with Crippen LogP contribution in [-0.2, 0) is 11.8 Å². The minimum atomic E-state index is -3.13. The number of alkyl halides is 4. The van der Waals surface area contributed by atoms with Crippen LogP contribution in [-0.4, -0.2) is 34.3 Å². The molecule has 130 valence electrons. The molecule has 0 bridgehead atoms. The van der Waals surface area contributed by atoms with Gasteiger partial charge in [0.05, 0.1) is 5.69 Å². The minimum Gasteiger partial charge on any atom is -0.443 e. The number of nitrogens with zero attached hydrogens (tertiary/aromatic N) is 2. The van der Waals surface area contributed by atoms with E-state index in [1.807, 2.05) is 0 Å². The van der Waals surface area contributed by atoms with E-state index in [1.165, 1.54) is 11.7 Å². The van der Waals surface area contributed by atoms with E-state index in [-0.39, 0.29) is 24.6 Å². The highest BCUT2D eigenvalue weighted by molar-refractivity contribution is 5.84. The van der Waals surface area contributed by atoms with Gasteiger partial charge >= 0.3 is 6.09 Å². The molecule has 1 fully saturated rings. The van der Waals surface area contributed by atoms with E-state index in [0.717, 1.165) is 0 Å². The lowest BCUT2D eigenvalue weighted by atomic mass is 10.0. The molecule has 1 aromatic rings. The Balaban J connectivity index is 2.08. The molecule has 0 saturated heterocycles. The van der Waals surface area contributed by atoms with Gasteiger partial charge in [-0.3, -0.25) is 10.00 Å². The quantitative estimate of drug-likeness (QED) is 0.850. The number of hydrogen-bond acceptors (Lipinski definition) is 3. The zero-order valence-corrected chi connectivity index (χ0v) is 13.1. The number of hydrogen-bond donors (Lipinski definition) is 1. The Bertz CT molecular complexity index is 596. The Morgan fingerprint density at radius 1 is 1.52 bits per heavy atom. The Morgan fingerprint density at radius 3 is 2.70 bits per heavy atom. The molecule has 1 atom stereocenters. The van der Waals surface area contributed by atoms with Crippen molar-refractivity contribution in [3.05, 3.63) is 11.3 Å². The summed E-state index contributed by atoms with van der Waals surface area (Å²) in [6.45, 7) is 1.23. The maximum absolute atomic E-state index is 13.3. The second kappa shape index (κ2) is 6.01. The molecule has 23 heavy (non-hydrogen) atoms. The van der Waals surface area contributed by atoms with Crippen LogP contribution in [0.2, 0.25) is 0 Å². The van der Waals surface area contributed by atoms with Crippen LogP contribution in [0.1, 0.15) is 43.4 Å². The van der Waals surface area contributed by atoms with Gasteiger partial charge in [-0.15, -0.1) is 0 Å². The molecule has 1 aliphatic rings. The monoisotopic (exact) mass is 337 g/mol. The summed E-state index contributed by atoms with van der Waals surface area (Å²) >= 11 is 0. The van der Waals surface area contributed by atoms with Gasteiger partial charge in [-0.05, 0) is 13.3 Å². The molecule has 1 N–H and O–H groups in total. The third-order valence-corrected chi connectivity index (χ3v) is 3.79. The van der Waals surface area contributed by atoms with Crippen molar-refractivity contribution in [1.82, 2.24) is 9.78 Å². The summed E-state index contributed by atoms with van der Waals surface area (Å²) in [5.74, 6) is -5.96. The van der Waals surface area contributed by atoms with E-state index in [4.69, 9.17) is 0 Å². The van der Waals surface area contributed by atoms with Gasteiger partial charge in [0.15, 0.2) is 6.61 Å². The van der Waals surface area contributed by atoms with Crippen LogP contribution in [0.5, 0.6) is 0 Å². The van der Waals surface area contributed by atoms with Crippen molar-refractivity contribution in [1.29, 1.82) is 0 Å². The molecule has 1 saturated carbocycles. The van der Waals surface area contributed by atoms with Crippen LogP contribution in [0.4, 0.5) is 28.2 Å². The number of anilines is 1. The largest absolute Gasteiger partial charge is 0.443 e. The summed E-state index contributed by atoms with van der Waals surface area (Å²) in [5, 5.41) is 6.52. The molecule has 1 aromatic heterocycles. The number of carbonyl (C=O) groups is 1. The van der Waals surface area contributed by atoms with E-state index in [2.05, 4.69) is 15.2 Å². The maximum Gasteiger partial charge on any atom is 0.413 e. The molecule has 0 radical (unpaired) electrons. The Kier molecular flexibility index (Phi) is 4.59. The van der Waals surface area contributed by atoms with Gasteiger partial charge in [0.1, 0.15) is 5.82 Å². The van der Waals surface area contributed by atoms with Crippen molar-refractivity contribution in [3.8, 4) is 0 Å². The van der Waals surface area contributed by atoms with Crippen molar-refractivity contribution in [2.24, 2.45) is 7.05 Å². The van der Waals surface area contributed by atoms with Gasteiger partial charge in [-0.2, -0.15) is 5.10 Å². The lowest BCUT2D eigenvalue weighted by molar-refractivity contribution is -0.0358. The first kappa shape index (κ1) is 17.6. The number of amides is 1. The molecule has 1 aliphatic carbocycles. The van der Waals surface area contributed by atoms with Crippen LogP contribution >= 0.6 is 0 Å². The summed E-state index contributed by atoms with van der Waals surface area (Å²) < 4.78 is 57.8. The van der Waals surface area contributed by atoms with Crippen molar-refractivity contribution in [2.75, 3.05) is 11.9 Å². The average Bonchev–Trinajstić information content (AvgIpc) is 2.89. The Hall–Kier alpha value is -1.80. The second-order valence-electron chi connectivity index (χ2n) is 6.05. The SMILES string of the molecule is Cc1c(C2CCC(F)(F)C2)nn(C)c1NC(=O)OCC(C)(F)F. The number of nitrogens with one attached hydrogen (secondary N) is 1. The van der Waals surface area contributed by atoms with Crippen molar-refractivity contribution in [3.63, 3.8) is 0 Å². The van der Waals surface area contributed by atoms with Gasteiger partial charge in [0.25, 0.3) is 5.92 Å². The van der Waals surface area contributed by atoms with E-state index < -0.39 is 24.5 Å². The predicted octanol–water partition coefficient (Wildman–Crippen LogP) is 3.84. The van der Waals surface area contributed by atoms with Gasteiger partial charge in [-0.25, -0.2) is 22.4 Å². The Labute approximate surface area is 131 Å². The van der Waals surface area contributed by atoms with Crippen molar-refractivity contribution in [2.45, 2.75) is 50.9 Å². The summed E-state index contributed by atoms with van der Waals surface area (Å²) in [6.07, 6.45) is -1.20. The first-order valence-corrected chi connectivity index (χ1v) is 7.21. The van der Waals surface area contributed by atoms with Gasteiger partial charge < -0.3 is 4.74 Å². The number of carbonyl (C=O) groups excluding carboxylic acids is 1. The minimum absolute atomic E-state index is 0.190. The number of halogens is 4. The van der Waals surface area contributed by atoms with Gasteiger partial charge in [-0.1, -0.05) is 0 Å². The molecule has 1 amide bonds. The molecule has 5 nitrogen and oxygen atoms in total. The predicted molar refractivity (Wildman–Crippen MR) is 75.1 cm³/mol. The fourth-order valence-corrected chi connectivity index (χ4v) is 2.72. The van der Waals surface area contributed by atoms with E-state index >= 15 is 0 Å². The van der Waals surface area contributed by atoms with Crippen LogP contribution in [0, 0.1) is 6.92 Å². The summed E-state index contributed by atoms with van der Waals surface area (Å²) in [6, 6.07) is 0. The molecule has 2 rings (SSSR count). The molecule has 0 aliphatic heterocycles. The number of aryl methyl sites for hydroxylation is 1. The third kappa shape index (κ3) is 4.35. The molecular formula is C14H19F4N3O2. The third-order valence-electron chi connectivity index (χ3n) is 3.79. The van der Waals surface area contributed by atoms with Gasteiger partial charge in [0, 0.05) is 38.3 Å². The maximum atomic E-state index is 13.3. The summed E-state index contributed by atoms with van der Waals surface area (Å²) in [7, 11) is 1.54. The number of rotatable bonds is 4. The van der Waals surface area contributed by atoms with Crippen LogP contribution in [0.15, 0.2) is 0 Å². The van der Waals surface area contributed by atoms with E-state index in [1.54, 1.807) is 6.92 Å². The first-order chi connectivity index (χ1) is 10.5. The summed E-state index contributed by atoms with van der Waals surface area (Å²) in [5.41, 5.74) is 1.02. The standard InChI is InChI=1S/C14H19F4N3O2/c1-8-10(9-4-5-14(17,18)6-9)20-21(3)11(8)19-12(22)23-7-13(2,15)16/h9H,4-7H2,1-3H3,(H,19,22). The van der Waals surface area contributed by atoms with E-state index in [9.17, 15) is 22.4 Å². The zero-order chi connectivity index (χ0) is 17.4. The van der Waals surface area contributed by atoms with Gasteiger partial charge in [0.2, 0.25) is 5.92 Å². The molecule has 9 heteroatoms. The fraction of sp³-hybridized carbons (Fsp3) is 0.714. The normalized spacial score (nSPS) is 20.6. The van der Waals surface area contributed by atoms with Crippen molar-refractivity contribution >= 4 is 11.9 Å². The molecular weight excluding hydrogens is 318 g/mol. The highest BCUT2D eigenvalue weighted by Crippen LogP contribution is 2.45. The van der Waals surface area contributed by atoms with Crippen LogP contribution in [0.25, 0.3) is 0 Å². The fourth-order valence-electron chi connectivity index (χ4n) is 2.72. The molecule has 0 aromatic carbocycles. The number of ether oxygens (including phenoxy) is 1. The average molecular weight is 337 g/mol. The molecule has 0 spiro atoms. The highest BCUT2D eigenvalue weighted by atomic mass is 19.3. The Morgan fingerprint density at radius 2 is 2.17 bits per heavy atom. The smallest absolute Gasteiger partial charge is 0.413 e. The van der Waals surface area contributed by atoms with E-state index in [0.29, 0.717) is 24.6 Å². The molecule has 1 heterocycles. The number of aromatic nitrogens is 2. The first-order valence-electron chi connectivity index (χ1n) is 7.21. The summed E-state index contributed by atoms with van der Waals surface area (Å²) in [4.78, 5) is 11.6. The van der Waals surface area contributed by atoms with Crippen LogP contribution in [0.3, 0.4) is 0 Å². The molecule has 1 unspecified atom stereocenters. The zero-order valence-electron chi connectivity index (χ0n) is 13.1. The van der Waals surface area contributed by atoms with Crippen molar-refractivity contribution < 1.29 is 27.1 Å². The topological polar surface area (TPSA) is 56.2 Å². The lowest BCUT2D eigenvalue weighted by Gasteiger charge is -2.12. The lowest BCUT2D eigenvalue weighted by Crippen LogP contribution is -2.25. The second-order valence-corrected chi connectivity index (χ2v) is 6.05. The highest BCUT2D eigenvalue weighted by Gasteiger charge is 2.41.